The van der Waals surface area contributed by atoms with Crippen LogP contribution in [0.5, 0.6) is 0 Å². The van der Waals surface area contributed by atoms with Gasteiger partial charge in [0.15, 0.2) is 0 Å². The fourth-order valence-electron chi connectivity index (χ4n) is 2.00. The van der Waals surface area contributed by atoms with Crippen LogP contribution in [0.4, 0.5) is 0 Å². The van der Waals surface area contributed by atoms with Crippen LogP contribution in [0.25, 0.3) is 0 Å². The van der Waals surface area contributed by atoms with Gasteiger partial charge in [0.25, 0.3) is 5.91 Å². The van der Waals surface area contributed by atoms with E-state index in [1.54, 1.807) is 6.92 Å². The summed E-state index contributed by atoms with van der Waals surface area (Å²) in [5, 5.41) is 9.14. The summed E-state index contributed by atoms with van der Waals surface area (Å²) in [5.74, 6) is -0.721. The van der Waals surface area contributed by atoms with E-state index in [1.807, 2.05) is 13.8 Å². The van der Waals surface area contributed by atoms with Crippen molar-refractivity contribution in [2.24, 2.45) is 0 Å². The molecule has 1 N–H and O–H groups in total. The van der Waals surface area contributed by atoms with Gasteiger partial charge in [-0.2, -0.15) is 0 Å². The number of carboxylic acids is 1. The molecule has 1 saturated heterocycles. The lowest BCUT2D eigenvalue weighted by Crippen LogP contribution is -2.54. The highest BCUT2D eigenvalue weighted by molar-refractivity contribution is 8.00. The number of rotatable bonds is 5. The van der Waals surface area contributed by atoms with Crippen molar-refractivity contribution in [1.29, 1.82) is 0 Å². The zero-order valence-electron chi connectivity index (χ0n) is 11.3. The van der Waals surface area contributed by atoms with Crippen LogP contribution < -0.4 is 0 Å². The van der Waals surface area contributed by atoms with Gasteiger partial charge in [-0.1, -0.05) is 13.8 Å². The van der Waals surface area contributed by atoms with Crippen molar-refractivity contribution in [3.8, 4) is 0 Å². The molecule has 18 heavy (non-hydrogen) atoms. The molecule has 0 aromatic carbocycles. The van der Waals surface area contributed by atoms with Crippen LogP contribution in [-0.2, 0) is 14.3 Å². The highest BCUT2D eigenvalue weighted by Gasteiger charge is 2.46. The van der Waals surface area contributed by atoms with Crippen molar-refractivity contribution >= 4 is 23.6 Å². The molecule has 3 atom stereocenters. The fourth-order valence-corrected chi connectivity index (χ4v) is 3.34. The van der Waals surface area contributed by atoms with Crippen LogP contribution in [-0.4, -0.2) is 51.8 Å². The van der Waals surface area contributed by atoms with Crippen LogP contribution in [0.2, 0.25) is 0 Å². The van der Waals surface area contributed by atoms with Crippen molar-refractivity contribution in [2.75, 3.05) is 12.9 Å². The topological polar surface area (TPSA) is 66.8 Å². The minimum atomic E-state index is -0.943. The van der Waals surface area contributed by atoms with E-state index >= 15 is 0 Å². The van der Waals surface area contributed by atoms with Crippen molar-refractivity contribution in [3.63, 3.8) is 0 Å². The summed E-state index contributed by atoms with van der Waals surface area (Å²) in [6.07, 6.45) is 1.26. The van der Waals surface area contributed by atoms with E-state index in [1.165, 1.54) is 23.8 Å². The van der Waals surface area contributed by atoms with E-state index < -0.39 is 17.6 Å². The molecule has 1 rings (SSSR count). The first kappa shape index (κ1) is 15.3. The Hall–Kier alpha value is -0.750. The average Bonchev–Trinajstić information content (AvgIpc) is 2.80. The summed E-state index contributed by atoms with van der Waals surface area (Å²) >= 11 is 1.52. The van der Waals surface area contributed by atoms with E-state index in [0.29, 0.717) is 12.2 Å². The smallest absolute Gasteiger partial charge is 0.327 e. The van der Waals surface area contributed by atoms with Crippen molar-refractivity contribution in [2.45, 2.75) is 50.6 Å². The second kappa shape index (κ2) is 5.93. The highest BCUT2D eigenvalue weighted by atomic mass is 32.2. The van der Waals surface area contributed by atoms with Gasteiger partial charge in [0.05, 0.1) is 5.37 Å². The SMILES string of the molecule is CCC1SCC(C(=O)O)N1C(=O)C(C)(CC)OC. The van der Waals surface area contributed by atoms with Gasteiger partial charge in [-0.15, -0.1) is 11.8 Å². The second-order valence-corrected chi connectivity index (χ2v) is 5.76. The van der Waals surface area contributed by atoms with Crippen LogP contribution in [0.1, 0.15) is 33.6 Å². The number of thioether (sulfide) groups is 1. The van der Waals surface area contributed by atoms with Gasteiger partial charge in [0, 0.05) is 12.9 Å². The standard InChI is InChI=1S/C12H21NO4S/c1-5-9-13(8(7-18-9)10(14)15)11(16)12(3,6-2)17-4/h8-9H,5-7H2,1-4H3,(H,14,15). The Morgan fingerprint density at radius 2 is 2.11 bits per heavy atom. The lowest BCUT2D eigenvalue weighted by Gasteiger charge is -2.35. The summed E-state index contributed by atoms with van der Waals surface area (Å²) < 4.78 is 5.29. The maximum atomic E-state index is 12.5. The molecular formula is C12H21NO4S. The average molecular weight is 275 g/mol. The van der Waals surface area contributed by atoms with Gasteiger partial charge in [-0.05, 0) is 19.8 Å². The minimum Gasteiger partial charge on any atom is -0.480 e. The van der Waals surface area contributed by atoms with Crippen molar-refractivity contribution in [1.82, 2.24) is 4.90 Å². The molecule has 5 nitrogen and oxygen atoms in total. The van der Waals surface area contributed by atoms with Gasteiger partial charge >= 0.3 is 5.97 Å². The van der Waals surface area contributed by atoms with E-state index in [-0.39, 0.29) is 11.3 Å². The summed E-state index contributed by atoms with van der Waals surface area (Å²) in [5.41, 5.74) is -0.938. The number of carbonyl (C=O) groups is 2. The largest absolute Gasteiger partial charge is 0.480 e. The van der Waals surface area contributed by atoms with Crippen LogP contribution in [0.3, 0.4) is 0 Å². The Labute approximate surface area is 112 Å². The molecule has 1 heterocycles. The fraction of sp³-hybridized carbons (Fsp3) is 0.833. The monoisotopic (exact) mass is 275 g/mol. The third-order valence-corrected chi connectivity index (χ3v) is 4.99. The highest BCUT2D eigenvalue weighted by Crippen LogP contribution is 2.34. The number of hydrogen-bond donors (Lipinski definition) is 1. The number of aliphatic carboxylic acids is 1. The van der Waals surface area contributed by atoms with E-state index in [9.17, 15) is 14.7 Å². The van der Waals surface area contributed by atoms with Gasteiger partial charge in [-0.3, -0.25) is 4.79 Å². The number of methoxy groups -OCH3 is 1. The number of carboxylic acid groups (broad SMARTS) is 1. The van der Waals surface area contributed by atoms with Gasteiger partial charge in [0.2, 0.25) is 0 Å². The molecule has 0 aliphatic carbocycles. The first-order chi connectivity index (χ1) is 8.41. The predicted octanol–water partition coefficient (Wildman–Crippen LogP) is 1.57. The number of carbonyl (C=O) groups excluding carboxylic acids is 1. The molecule has 1 aliphatic rings. The van der Waals surface area contributed by atoms with Crippen LogP contribution in [0.15, 0.2) is 0 Å². The Balaban J connectivity index is 3.01. The van der Waals surface area contributed by atoms with E-state index in [0.717, 1.165) is 6.42 Å². The Kier molecular flexibility index (Phi) is 5.04. The van der Waals surface area contributed by atoms with Crippen molar-refractivity contribution < 1.29 is 19.4 Å². The summed E-state index contributed by atoms with van der Waals surface area (Å²) in [7, 11) is 1.49. The number of ether oxygens (including phenoxy) is 1. The quantitative estimate of drug-likeness (QED) is 0.825. The first-order valence-corrected chi connectivity index (χ1v) is 7.18. The molecule has 0 saturated carbocycles. The number of amides is 1. The number of nitrogens with zero attached hydrogens (tertiary/aromatic N) is 1. The van der Waals surface area contributed by atoms with E-state index in [4.69, 9.17) is 4.74 Å². The maximum Gasteiger partial charge on any atom is 0.327 e. The molecule has 1 amide bonds. The molecule has 1 fully saturated rings. The van der Waals surface area contributed by atoms with E-state index in [2.05, 4.69) is 0 Å². The normalized spacial score (nSPS) is 27.0. The number of hydrogen-bond acceptors (Lipinski definition) is 4. The lowest BCUT2D eigenvalue weighted by atomic mass is 10.00. The Bertz CT molecular complexity index is 330. The molecule has 0 spiro atoms. The summed E-state index contributed by atoms with van der Waals surface area (Å²) in [6.45, 7) is 5.53. The molecule has 3 unspecified atom stereocenters. The Morgan fingerprint density at radius 3 is 2.50 bits per heavy atom. The molecular weight excluding hydrogens is 254 g/mol. The Morgan fingerprint density at radius 1 is 1.50 bits per heavy atom. The van der Waals surface area contributed by atoms with Crippen molar-refractivity contribution in [3.05, 3.63) is 0 Å². The molecule has 6 heteroatoms. The van der Waals surface area contributed by atoms with Gasteiger partial charge in [-0.25, -0.2) is 4.79 Å². The third kappa shape index (κ3) is 2.64. The molecule has 1 aliphatic heterocycles. The predicted molar refractivity (Wildman–Crippen MR) is 70.5 cm³/mol. The third-order valence-electron chi connectivity index (χ3n) is 3.54. The van der Waals surface area contributed by atoms with Gasteiger partial charge < -0.3 is 14.7 Å². The molecule has 0 bridgehead atoms. The zero-order valence-corrected chi connectivity index (χ0v) is 12.1. The molecule has 0 radical (unpaired) electrons. The second-order valence-electron chi connectivity index (χ2n) is 4.55. The maximum absolute atomic E-state index is 12.5. The van der Waals surface area contributed by atoms with Crippen LogP contribution in [0, 0.1) is 0 Å². The summed E-state index contributed by atoms with van der Waals surface area (Å²) in [6, 6.07) is -0.742. The lowest BCUT2D eigenvalue weighted by molar-refractivity contribution is -0.161. The zero-order chi connectivity index (χ0) is 13.9. The molecule has 104 valence electrons. The van der Waals surface area contributed by atoms with Gasteiger partial charge in [0.1, 0.15) is 11.6 Å². The summed E-state index contributed by atoms with van der Waals surface area (Å²) in [4.78, 5) is 25.3. The van der Waals surface area contributed by atoms with Crippen LogP contribution >= 0.6 is 11.8 Å². The minimum absolute atomic E-state index is 0.0698. The first-order valence-electron chi connectivity index (χ1n) is 6.13. The molecule has 0 aromatic heterocycles. The molecule has 0 aromatic rings.